The van der Waals surface area contributed by atoms with Crippen molar-refractivity contribution in [3.8, 4) is 11.4 Å². The van der Waals surface area contributed by atoms with Gasteiger partial charge in [0.05, 0.1) is 23.9 Å². The Hall–Kier alpha value is -3.89. The molecule has 2 fully saturated rings. The fourth-order valence-corrected chi connectivity index (χ4v) is 5.26. The van der Waals surface area contributed by atoms with E-state index in [4.69, 9.17) is 14.7 Å². The molecule has 2 aromatic heterocycles. The lowest BCUT2D eigenvalue weighted by atomic mass is 9.94. The number of carbonyl (C=O) groups is 1. The number of allylic oxidation sites excluding steroid dienone is 4. The van der Waals surface area contributed by atoms with E-state index in [0.717, 1.165) is 11.4 Å². The summed E-state index contributed by atoms with van der Waals surface area (Å²) in [6.07, 6.45) is 7.67. The van der Waals surface area contributed by atoms with Gasteiger partial charge >= 0.3 is 5.97 Å². The fourth-order valence-electron chi connectivity index (χ4n) is 5.26. The van der Waals surface area contributed by atoms with Crippen LogP contribution in [0, 0.1) is 0 Å². The molecule has 0 radical (unpaired) electrons. The Morgan fingerprint density at radius 1 is 1.18 bits per heavy atom. The summed E-state index contributed by atoms with van der Waals surface area (Å²) >= 11 is 0. The Balaban J connectivity index is 1.40. The topological polar surface area (TPSA) is 122 Å². The van der Waals surface area contributed by atoms with Gasteiger partial charge in [-0.25, -0.2) is 19.3 Å². The number of nitrogens with one attached hydrogen (secondary N) is 1. The number of hydrogen-bond acceptors (Lipinski definition) is 8. The Morgan fingerprint density at radius 2 is 2.00 bits per heavy atom. The number of carbonyl (C=O) groups excluding carboxylic acids is 1. The van der Waals surface area contributed by atoms with Gasteiger partial charge in [-0.3, -0.25) is 4.79 Å². The number of esters is 1. The minimum Gasteiger partial charge on any atom is -0.462 e. The Kier molecular flexibility index (Phi) is 6.74. The highest BCUT2D eigenvalue weighted by molar-refractivity contribution is 5.71. The van der Waals surface area contributed by atoms with E-state index in [0.29, 0.717) is 61.8 Å². The summed E-state index contributed by atoms with van der Waals surface area (Å²) in [4.78, 5) is 26.0. The van der Waals surface area contributed by atoms with Gasteiger partial charge in [-0.05, 0) is 49.6 Å². The number of rotatable bonds is 8. The summed E-state index contributed by atoms with van der Waals surface area (Å²) in [7, 11) is 0. The van der Waals surface area contributed by atoms with Crippen molar-refractivity contribution in [3.05, 3.63) is 78.2 Å². The van der Waals surface area contributed by atoms with Crippen LogP contribution in [-0.4, -0.2) is 47.9 Å². The standard InChI is InChI=1S/C29H30FN5O4/c30-19-8-6-18(7-9-19)26-25(23-10-14-31-28(33-23)32-20-4-2-1-3-5-20)34-27(29(38)12-13-29)35(26)15-11-22-16-21(36)17-24(37)39-22/h1-6,8-10,14,18,21-22,36,38H,7,11-13,15-17H2,(H,31,32,33)/t18-,21+,22+/m0/s1. The molecule has 10 heteroatoms. The van der Waals surface area contributed by atoms with E-state index in [1.54, 1.807) is 18.3 Å². The first-order valence-corrected chi connectivity index (χ1v) is 13.3. The molecule has 1 aliphatic heterocycles. The van der Waals surface area contributed by atoms with Crippen molar-refractivity contribution in [1.29, 1.82) is 0 Å². The quantitative estimate of drug-likeness (QED) is 0.365. The van der Waals surface area contributed by atoms with Crippen LogP contribution in [0.4, 0.5) is 16.0 Å². The Morgan fingerprint density at radius 3 is 2.72 bits per heavy atom. The smallest absolute Gasteiger partial charge is 0.308 e. The maximum Gasteiger partial charge on any atom is 0.308 e. The van der Waals surface area contributed by atoms with Gasteiger partial charge in [-0.2, -0.15) is 0 Å². The number of nitrogens with zero attached hydrogens (tertiary/aromatic N) is 4. The zero-order valence-corrected chi connectivity index (χ0v) is 21.3. The summed E-state index contributed by atoms with van der Waals surface area (Å²) in [6, 6.07) is 11.4. The molecule has 0 bridgehead atoms. The SMILES string of the molecule is O=C1C[C@H](O)C[C@@H](CCn2c(C3(O)CC3)nc(-c3ccnc(Nc4ccccc4)n3)c2[C@H]2C=CC(F)=CC2)O1. The second-order valence-electron chi connectivity index (χ2n) is 10.4. The zero-order valence-electron chi connectivity index (χ0n) is 21.3. The van der Waals surface area contributed by atoms with Gasteiger partial charge in [-0.1, -0.05) is 24.3 Å². The van der Waals surface area contributed by atoms with Crippen LogP contribution < -0.4 is 5.32 Å². The lowest BCUT2D eigenvalue weighted by Crippen LogP contribution is -2.33. The van der Waals surface area contributed by atoms with Crippen LogP contribution in [0.2, 0.25) is 0 Å². The van der Waals surface area contributed by atoms with E-state index in [-0.39, 0.29) is 18.2 Å². The summed E-state index contributed by atoms with van der Waals surface area (Å²) in [5, 5.41) is 24.5. The Bertz CT molecular complexity index is 1430. The normalized spacial score (nSPS) is 23.7. The maximum atomic E-state index is 13.9. The number of cyclic esters (lactones) is 1. The summed E-state index contributed by atoms with van der Waals surface area (Å²) < 4.78 is 21.4. The second kappa shape index (κ2) is 10.3. The number of halogens is 1. The zero-order chi connectivity index (χ0) is 27.0. The molecule has 3 aromatic rings. The summed E-state index contributed by atoms with van der Waals surface area (Å²) in [6.45, 7) is 0.404. The van der Waals surface area contributed by atoms with E-state index < -0.39 is 23.8 Å². The number of hydrogen-bond donors (Lipinski definition) is 3. The van der Waals surface area contributed by atoms with E-state index in [1.165, 1.54) is 6.08 Å². The molecule has 202 valence electrons. The van der Waals surface area contributed by atoms with Gasteiger partial charge in [0, 0.05) is 37.2 Å². The molecule has 3 atom stereocenters. The van der Waals surface area contributed by atoms with E-state index in [2.05, 4.69) is 10.3 Å². The monoisotopic (exact) mass is 531 g/mol. The van der Waals surface area contributed by atoms with Crippen molar-refractivity contribution >= 4 is 17.6 Å². The molecule has 6 rings (SSSR count). The minimum absolute atomic E-state index is 0.000194. The molecule has 3 N–H and O–H groups in total. The number of anilines is 2. The van der Waals surface area contributed by atoms with Crippen LogP contribution >= 0.6 is 0 Å². The van der Waals surface area contributed by atoms with Gasteiger partial charge in [-0.15, -0.1) is 0 Å². The number of imidazole rings is 1. The van der Waals surface area contributed by atoms with E-state index in [9.17, 15) is 19.4 Å². The van der Waals surface area contributed by atoms with Crippen LogP contribution in [0.5, 0.6) is 0 Å². The predicted molar refractivity (Wildman–Crippen MR) is 142 cm³/mol. The maximum absolute atomic E-state index is 13.9. The van der Waals surface area contributed by atoms with Gasteiger partial charge in [0.2, 0.25) is 5.95 Å². The molecule has 0 spiro atoms. The molecular formula is C29H30FN5O4. The summed E-state index contributed by atoms with van der Waals surface area (Å²) in [5.74, 6) is 0.0120. The molecule has 0 amide bonds. The number of aliphatic hydroxyl groups is 2. The van der Waals surface area contributed by atoms with Crippen molar-refractivity contribution in [2.75, 3.05) is 5.32 Å². The van der Waals surface area contributed by atoms with Gasteiger partial charge in [0.25, 0.3) is 0 Å². The van der Waals surface area contributed by atoms with Crippen molar-refractivity contribution in [3.63, 3.8) is 0 Å². The van der Waals surface area contributed by atoms with Gasteiger partial charge < -0.3 is 24.8 Å². The molecule has 1 saturated carbocycles. The van der Waals surface area contributed by atoms with Crippen molar-refractivity contribution in [1.82, 2.24) is 19.5 Å². The molecule has 3 heterocycles. The second-order valence-corrected chi connectivity index (χ2v) is 10.4. The number of aliphatic hydroxyl groups excluding tert-OH is 1. The molecular weight excluding hydrogens is 501 g/mol. The average molecular weight is 532 g/mol. The van der Waals surface area contributed by atoms with Crippen LogP contribution in [0.3, 0.4) is 0 Å². The third-order valence-electron chi connectivity index (χ3n) is 7.39. The fraction of sp³-hybridized carbons (Fsp3) is 0.379. The highest BCUT2D eigenvalue weighted by atomic mass is 19.1. The molecule has 39 heavy (non-hydrogen) atoms. The largest absolute Gasteiger partial charge is 0.462 e. The lowest BCUT2D eigenvalue weighted by molar-refractivity contribution is -0.160. The van der Waals surface area contributed by atoms with Crippen molar-refractivity contribution in [2.24, 2.45) is 0 Å². The first kappa shape index (κ1) is 25.4. The third kappa shape index (κ3) is 5.48. The average Bonchev–Trinajstić information content (AvgIpc) is 3.55. The van der Waals surface area contributed by atoms with E-state index in [1.807, 2.05) is 41.0 Å². The van der Waals surface area contributed by atoms with Gasteiger partial charge in [0.15, 0.2) is 0 Å². The number of ether oxygens (including phenoxy) is 1. The molecule has 2 aliphatic carbocycles. The highest BCUT2D eigenvalue weighted by Crippen LogP contribution is 2.47. The molecule has 1 aromatic carbocycles. The number of benzene rings is 1. The first-order chi connectivity index (χ1) is 18.9. The highest BCUT2D eigenvalue weighted by Gasteiger charge is 2.48. The minimum atomic E-state index is -1.06. The Labute approximate surface area is 225 Å². The van der Waals surface area contributed by atoms with Gasteiger partial charge in [0.1, 0.15) is 29.1 Å². The number of aromatic nitrogens is 4. The molecule has 1 saturated heterocycles. The lowest BCUT2D eigenvalue weighted by Gasteiger charge is -2.27. The number of para-hydroxylation sites is 1. The van der Waals surface area contributed by atoms with Crippen LogP contribution in [0.1, 0.15) is 56.0 Å². The van der Waals surface area contributed by atoms with Crippen molar-refractivity contribution in [2.45, 2.75) is 68.8 Å². The summed E-state index contributed by atoms with van der Waals surface area (Å²) in [5.41, 5.74) is 1.75. The van der Waals surface area contributed by atoms with Crippen LogP contribution in [0.25, 0.3) is 11.4 Å². The predicted octanol–water partition coefficient (Wildman–Crippen LogP) is 4.42. The van der Waals surface area contributed by atoms with E-state index >= 15 is 0 Å². The third-order valence-corrected chi connectivity index (χ3v) is 7.39. The molecule has 3 aliphatic rings. The molecule has 9 nitrogen and oxygen atoms in total. The van der Waals surface area contributed by atoms with Crippen LogP contribution in [0.15, 0.2) is 66.6 Å². The molecule has 0 unspecified atom stereocenters. The first-order valence-electron chi connectivity index (χ1n) is 13.3. The van der Waals surface area contributed by atoms with Crippen LogP contribution in [-0.2, 0) is 21.7 Å². The van der Waals surface area contributed by atoms with Crippen molar-refractivity contribution < 1.29 is 24.1 Å².